The summed E-state index contributed by atoms with van der Waals surface area (Å²) >= 11 is 0. The molecule has 0 aliphatic carbocycles. The van der Waals surface area contributed by atoms with Gasteiger partial charge in [0.05, 0.1) is 0 Å². The maximum absolute atomic E-state index is 6.76. The molecule has 0 spiro atoms. The second kappa shape index (κ2) is 11.8. The fraction of sp³-hybridized carbons (Fsp3) is 0. The number of rotatable bonds is 4. The molecule has 0 saturated carbocycles. The van der Waals surface area contributed by atoms with Crippen LogP contribution in [-0.4, -0.2) is 0 Å². The van der Waals surface area contributed by atoms with Gasteiger partial charge in [-0.1, -0.05) is 158 Å². The van der Waals surface area contributed by atoms with E-state index in [2.05, 4.69) is 194 Å². The first-order chi connectivity index (χ1) is 26.3. The Balaban J connectivity index is 0.984. The van der Waals surface area contributed by atoms with Crippen molar-refractivity contribution in [3.63, 3.8) is 0 Å². The van der Waals surface area contributed by atoms with Gasteiger partial charge in [-0.15, -0.1) is 0 Å². The molecule has 0 radical (unpaired) electrons. The Labute approximate surface area is 307 Å². The van der Waals surface area contributed by atoms with Crippen molar-refractivity contribution in [3.8, 4) is 44.9 Å². The summed E-state index contributed by atoms with van der Waals surface area (Å²) in [5.41, 5.74) is 7.03. The Morgan fingerprint density at radius 3 is 1.02 bits per heavy atom. The van der Waals surface area contributed by atoms with Crippen molar-refractivity contribution < 1.29 is 4.42 Å². The molecule has 0 fully saturated rings. The van der Waals surface area contributed by atoms with E-state index in [0.29, 0.717) is 0 Å². The second-order valence-electron chi connectivity index (χ2n) is 14.0. The van der Waals surface area contributed by atoms with E-state index in [1.807, 2.05) is 0 Å². The number of benzene rings is 10. The van der Waals surface area contributed by atoms with Crippen molar-refractivity contribution in [1.29, 1.82) is 0 Å². The molecule has 11 aromatic rings. The third kappa shape index (κ3) is 4.79. The minimum atomic E-state index is 0.864. The van der Waals surface area contributed by atoms with Gasteiger partial charge in [-0.3, -0.25) is 0 Å². The topological polar surface area (TPSA) is 13.1 Å². The summed E-state index contributed by atoms with van der Waals surface area (Å²) in [4.78, 5) is 0. The lowest BCUT2D eigenvalue weighted by atomic mass is 9.92. The fourth-order valence-corrected chi connectivity index (χ4v) is 8.52. The molecule has 0 aliphatic heterocycles. The van der Waals surface area contributed by atoms with Gasteiger partial charge in [-0.2, -0.15) is 0 Å². The third-order valence-corrected chi connectivity index (χ3v) is 11.1. The monoisotopic (exact) mass is 672 g/mol. The number of hydrogen-bond acceptors (Lipinski definition) is 1. The first kappa shape index (κ1) is 29.7. The molecule has 0 unspecified atom stereocenters. The average Bonchev–Trinajstić information content (AvgIpc) is 3.72. The number of hydrogen-bond donors (Lipinski definition) is 0. The highest BCUT2D eigenvalue weighted by molar-refractivity contribution is 6.12. The zero-order valence-electron chi connectivity index (χ0n) is 28.9. The van der Waals surface area contributed by atoms with Crippen molar-refractivity contribution in [2.75, 3.05) is 0 Å². The molecule has 246 valence electrons. The lowest BCUT2D eigenvalue weighted by Crippen LogP contribution is -1.87. The van der Waals surface area contributed by atoms with Gasteiger partial charge in [0.15, 0.2) is 0 Å². The molecule has 0 N–H and O–H groups in total. The van der Waals surface area contributed by atoms with E-state index >= 15 is 0 Å². The van der Waals surface area contributed by atoms with E-state index in [0.717, 1.165) is 22.6 Å². The minimum Gasteiger partial charge on any atom is -0.456 e. The average molecular weight is 673 g/mol. The first-order valence-electron chi connectivity index (χ1n) is 18.2. The smallest absolute Gasteiger partial charge is 0.135 e. The van der Waals surface area contributed by atoms with Gasteiger partial charge in [0.2, 0.25) is 0 Å². The Hall–Kier alpha value is -6.96. The first-order valence-corrected chi connectivity index (χ1v) is 18.2. The maximum atomic E-state index is 6.76. The molecular formula is C52H32O. The highest BCUT2D eigenvalue weighted by Crippen LogP contribution is 2.42. The summed E-state index contributed by atoms with van der Waals surface area (Å²) < 4.78 is 6.76. The van der Waals surface area contributed by atoms with Gasteiger partial charge < -0.3 is 4.42 Å². The van der Waals surface area contributed by atoms with Crippen LogP contribution in [0.4, 0.5) is 0 Å². The molecule has 0 atom stereocenters. The van der Waals surface area contributed by atoms with E-state index in [1.165, 1.54) is 86.9 Å². The van der Waals surface area contributed by atoms with E-state index < -0.39 is 0 Å². The van der Waals surface area contributed by atoms with E-state index in [1.54, 1.807) is 0 Å². The molecule has 1 aromatic heterocycles. The predicted molar refractivity (Wildman–Crippen MR) is 225 cm³/mol. The summed E-state index contributed by atoms with van der Waals surface area (Å²) in [5.74, 6) is 1.73. The van der Waals surface area contributed by atoms with Crippen LogP contribution in [0.2, 0.25) is 0 Å². The Kier molecular flexibility index (Phi) is 6.62. The van der Waals surface area contributed by atoms with Gasteiger partial charge in [0.1, 0.15) is 11.5 Å². The molecule has 11 rings (SSSR count). The van der Waals surface area contributed by atoms with Crippen LogP contribution in [0, 0.1) is 0 Å². The van der Waals surface area contributed by atoms with E-state index in [-0.39, 0.29) is 0 Å². The van der Waals surface area contributed by atoms with Gasteiger partial charge in [-0.05, 0) is 123 Å². The molecule has 0 saturated heterocycles. The zero-order chi connectivity index (χ0) is 34.9. The normalized spacial score (nSPS) is 11.8. The van der Waals surface area contributed by atoms with Crippen molar-refractivity contribution in [2.24, 2.45) is 0 Å². The van der Waals surface area contributed by atoms with Crippen LogP contribution >= 0.6 is 0 Å². The molecule has 1 heteroatoms. The molecule has 1 heterocycles. The summed E-state index contributed by atoms with van der Waals surface area (Å²) in [7, 11) is 0. The lowest BCUT2D eigenvalue weighted by Gasteiger charge is -2.13. The molecular weight excluding hydrogens is 641 g/mol. The van der Waals surface area contributed by atoms with Gasteiger partial charge >= 0.3 is 0 Å². The predicted octanol–water partition coefficient (Wildman–Crippen LogP) is 14.9. The molecule has 10 aromatic carbocycles. The van der Waals surface area contributed by atoms with Crippen LogP contribution in [0.1, 0.15) is 0 Å². The highest BCUT2D eigenvalue weighted by Gasteiger charge is 2.16. The molecule has 1 nitrogen and oxygen atoms in total. The van der Waals surface area contributed by atoms with Crippen LogP contribution in [0.15, 0.2) is 199 Å². The van der Waals surface area contributed by atoms with Crippen LogP contribution in [-0.2, 0) is 0 Å². The molecule has 53 heavy (non-hydrogen) atoms. The fourth-order valence-electron chi connectivity index (χ4n) is 8.52. The van der Waals surface area contributed by atoms with Crippen molar-refractivity contribution >= 4 is 64.6 Å². The third-order valence-electron chi connectivity index (χ3n) is 11.1. The zero-order valence-corrected chi connectivity index (χ0v) is 28.9. The van der Waals surface area contributed by atoms with E-state index in [4.69, 9.17) is 4.42 Å². The van der Waals surface area contributed by atoms with Crippen LogP contribution in [0.25, 0.3) is 110 Å². The Bertz CT molecular complexity index is 3020. The van der Waals surface area contributed by atoms with Gasteiger partial charge in [0, 0.05) is 11.1 Å². The Morgan fingerprint density at radius 2 is 0.566 bits per heavy atom. The molecule has 0 amide bonds. The van der Waals surface area contributed by atoms with Crippen LogP contribution < -0.4 is 0 Å². The Morgan fingerprint density at radius 1 is 0.226 bits per heavy atom. The summed E-state index contributed by atoms with van der Waals surface area (Å²) in [6.07, 6.45) is 0. The van der Waals surface area contributed by atoms with Gasteiger partial charge in [-0.25, -0.2) is 0 Å². The lowest BCUT2D eigenvalue weighted by molar-refractivity contribution is 0.598. The minimum absolute atomic E-state index is 0.864. The summed E-state index contributed by atoms with van der Waals surface area (Å²) in [5, 5.41) is 14.9. The summed E-state index contributed by atoms with van der Waals surface area (Å²) in [6.45, 7) is 0. The highest BCUT2D eigenvalue weighted by atomic mass is 16.3. The second-order valence-corrected chi connectivity index (χ2v) is 14.0. The molecule has 0 aliphatic rings. The van der Waals surface area contributed by atoms with Gasteiger partial charge in [0.25, 0.3) is 0 Å². The number of fused-ring (bicyclic) bond motifs is 8. The summed E-state index contributed by atoms with van der Waals surface area (Å²) in [6, 6.07) is 70.4. The quantitative estimate of drug-likeness (QED) is 0.170. The number of furan rings is 1. The molecule has 0 bridgehead atoms. The maximum Gasteiger partial charge on any atom is 0.135 e. The standard InChI is InChI=1S/C52H32O/c1-3-11-39-33(9-1)17-19-35-31-37(21-23-41(35)39)43-25-27-49(47-15-7-5-13-45(43)47)51-29-30-52(53-51)50-28-26-44(46-14-6-8-16-48(46)50)38-22-24-42-36(32-38)20-18-34-10-2-4-12-40(34)42/h1-32H. The van der Waals surface area contributed by atoms with Crippen molar-refractivity contribution in [3.05, 3.63) is 194 Å². The van der Waals surface area contributed by atoms with E-state index in [9.17, 15) is 0 Å². The van der Waals surface area contributed by atoms with Crippen LogP contribution in [0.3, 0.4) is 0 Å². The largest absolute Gasteiger partial charge is 0.456 e. The van der Waals surface area contributed by atoms with Crippen LogP contribution in [0.5, 0.6) is 0 Å². The van der Waals surface area contributed by atoms with Crippen molar-refractivity contribution in [2.45, 2.75) is 0 Å². The SMILES string of the molecule is c1ccc2c(c1)ccc1cc(-c3ccc(-c4ccc(-c5ccc(-c6ccc7c(ccc8ccccc87)c6)c6ccccc56)o4)c4ccccc34)ccc12. The van der Waals surface area contributed by atoms with Crippen molar-refractivity contribution in [1.82, 2.24) is 0 Å².